The Morgan fingerprint density at radius 1 is 0.511 bits per heavy atom. The second-order valence-corrected chi connectivity index (χ2v) is 12.5. The lowest BCUT2D eigenvalue weighted by atomic mass is 9.81. The summed E-state index contributed by atoms with van der Waals surface area (Å²) in [7, 11) is 0. The predicted molar refractivity (Wildman–Crippen MR) is 187 cm³/mol. The average Bonchev–Trinajstić information content (AvgIpc) is 3.81. The van der Waals surface area contributed by atoms with Crippen LogP contribution in [-0.2, 0) is 5.41 Å². The number of aromatic nitrogens is 2. The summed E-state index contributed by atoms with van der Waals surface area (Å²) in [6.45, 7) is 12.7. The highest BCUT2D eigenvalue weighted by atomic mass is 16.4. The van der Waals surface area contributed by atoms with Crippen LogP contribution >= 0.6 is 0 Å². The van der Waals surface area contributed by atoms with Crippen molar-refractivity contribution in [3.63, 3.8) is 0 Å². The largest absolute Gasteiger partial charge is 0.436 e. The molecule has 0 fully saturated rings. The molecule has 0 aliphatic heterocycles. The van der Waals surface area contributed by atoms with Gasteiger partial charge in [0, 0.05) is 16.5 Å². The van der Waals surface area contributed by atoms with E-state index in [1.165, 1.54) is 22.3 Å². The highest BCUT2D eigenvalue weighted by Crippen LogP contribution is 2.50. The van der Waals surface area contributed by atoms with Crippen LogP contribution in [0.2, 0.25) is 0 Å². The van der Waals surface area contributed by atoms with Gasteiger partial charge < -0.3 is 8.83 Å². The van der Waals surface area contributed by atoms with Crippen LogP contribution in [0.25, 0.3) is 83.3 Å². The first-order valence-corrected chi connectivity index (χ1v) is 15.6. The van der Waals surface area contributed by atoms with E-state index >= 15 is 0 Å². The SMILES string of the molecule is [C-]#[N+]c1ccc(-c2ccc3c(c2)C(C)(C)c2ccccc2-3)cc1-c1cc(-c2nc3ccccc3o2)cc(-c2nc3ccccc3o2)c1. The number of para-hydroxylation sites is 4. The number of nitrogens with zero attached hydrogens (tertiary/aromatic N) is 3. The van der Waals surface area contributed by atoms with Gasteiger partial charge in [0.05, 0.1) is 6.57 Å². The van der Waals surface area contributed by atoms with E-state index in [4.69, 9.17) is 25.4 Å². The van der Waals surface area contributed by atoms with Crippen molar-refractivity contribution in [3.05, 3.63) is 150 Å². The molecule has 5 heteroatoms. The molecule has 47 heavy (non-hydrogen) atoms. The summed E-state index contributed by atoms with van der Waals surface area (Å²) in [5, 5.41) is 0. The zero-order valence-electron chi connectivity index (χ0n) is 25.8. The Morgan fingerprint density at radius 2 is 1.06 bits per heavy atom. The maximum Gasteiger partial charge on any atom is 0.227 e. The summed E-state index contributed by atoms with van der Waals surface area (Å²) in [4.78, 5) is 13.5. The molecule has 0 unspecified atom stereocenters. The molecule has 0 spiro atoms. The van der Waals surface area contributed by atoms with Gasteiger partial charge in [-0.2, -0.15) is 0 Å². The molecule has 0 saturated heterocycles. The Hall–Kier alpha value is -6.25. The number of benzene rings is 6. The molecular formula is C42H27N3O2. The molecule has 2 aromatic heterocycles. The quantitative estimate of drug-likeness (QED) is 0.187. The van der Waals surface area contributed by atoms with Crippen LogP contribution < -0.4 is 0 Å². The van der Waals surface area contributed by atoms with Gasteiger partial charge in [-0.05, 0) is 93.0 Å². The average molecular weight is 606 g/mol. The molecule has 0 amide bonds. The van der Waals surface area contributed by atoms with Crippen molar-refractivity contribution < 1.29 is 8.83 Å². The van der Waals surface area contributed by atoms with Gasteiger partial charge in [-0.15, -0.1) is 0 Å². The molecule has 0 N–H and O–H groups in total. The lowest BCUT2D eigenvalue weighted by molar-refractivity contribution is 0.617. The Balaban J connectivity index is 1.22. The Kier molecular flexibility index (Phi) is 5.84. The number of fused-ring (bicyclic) bond motifs is 5. The maximum absolute atomic E-state index is 8.08. The second-order valence-electron chi connectivity index (χ2n) is 12.5. The standard InChI is InChI=1S/C42H27N3O2/c1-42(2)33-11-5-4-10-30(33)31-18-16-26(24-34(31)42)25-17-19-35(43-3)32(23-25)27-20-28(40-44-36-12-6-8-14-38(36)46-40)22-29(21-27)41-45-37-13-7-9-15-39(37)47-41/h4-24H,1-2H3. The van der Waals surface area contributed by atoms with E-state index in [0.29, 0.717) is 28.6 Å². The second kappa shape index (κ2) is 10.1. The summed E-state index contributed by atoms with van der Waals surface area (Å²) in [6.07, 6.45) is 0. The molecule has 9 rings (SSSR count). The van der Waals surface area contributed by atoms with Crippen LogP contribution in [0.5, 0.6) is 0 Å². The topological polar surface area (TPSA) is 56.4 Å². The van der Waals surface area contributed by atoms with Crippen LogP contribution in [0.1, 0.15) is 25.0 Å². The number of oxazole rings is 2. The summed E-state index contributed by atoms with van der Waals surface area (Å²) in [5.41, 5.74) is 14.0. The fourth-order valence-electron chi connectivity index (χ4n) is 6.95. The normalized spacial score (nSPS) is 13.0. The summed E-state index contributed by atoms with van der Waals surface area (Å²) >= 11 is 0. The molecule has 0 bridgehead atoms. The van der Waals surface area contributed by atoms with E-state index < -0.39 is 0 Å². The van der Waals surface area contributed by atoms with Crippen molar-refractivity contribution in [1.82, 2.24) is 9.97 Å². The first-order valence-electron chi connectivity index (χ1n) is 15.6. The van der Waals surface area contributed by atoms with Crippen molar-refractivity contribution in [2.75, 3.05) is 0 Å². The third-order valence-corrected chi connectivity index (χ3v) is 9.36. The van der Waals surface area contributed by atoms with Crippen molar-refractivity contribution in [1.29, 1.82) is 0 Å². The minimum Gasteiger partial charge on any atom is -0.436 e. The van der Waals surface area contributed by atoms with Gasteiger partial charge in [0.2, 0.25) is 11.8 Å². The molecule has 0 atom stereocenters. The molecule has 1 aliphatic rings. The third kappa shape index (κ3) is 4.30. The van der Waals surface area contributed by atoms with Gasteiger partial charge in [-0.1, -0.05) is 92.7 Å². The van der Waals surface area contributed by atoms with Gasteiger partial charge in [0.1, 0.15) is 11.0 Å². The molecular weight excluding hydrogens is 578 g/mol. The van der Waals surface area contributed by atoms with Crippen LogP contribution in [0.15, 0.2) is 136 Å². The lowest BCUT2D eigenvalue weighted by Gasteiger charge is -2.22. The zero-order chi connectivity index (χ0) is 31.7. The molecule has 0 saturated carbocycles. The Morgan fingerprint density at radius 3 is 1.72 bits per heavy atom. The Labute approximate surface area is 271 Å². The highest BCUT2D eigenvalue weighted by Gasteiger charge is 2.35. The number of hydrogen-bond donors (Lipinski definition) is 0. The monoisotopic (exact) mass is 605 g/mol. The molecule has 6 aromatic carbocycles. The van der Waals surface area contributed by atoms with E-state index in [2.05, 4.69) is 67.2 Å². The maximum atomic E-state index is 8.08. The lowest BCUT2D eigenvalue weighted by Crippen LogP contribution is -2.14. The number of hydrogen-bond acceptors (Lipinski definition) is 4. The first-order chi connectivity index (χ1) is 23.0. The number of rotatable bonds is 4. The van der Waals surface area contributed by atoms with Gasteiger partial charge >= 0.3 is 0 Å². The van der Waals surface area contributed by atoms with E-state index in [9.17, 15) is 0 Å². The molecule has 5 nitrogen and oxygen atoms in total. The molecule has 8 aromatic rings. The molecule has 2 heterocycles. The molecule has 222 valence electrons. The fourth-order valence-corrected chi connectivity index (χ4v) is 6.95. The van der Waals surface area contributed by atoms with E-state index in [-0.39, 0.29) is 5.41 Å². The van der Waals surface area contributed by atoms with Crippen LogP contribution in [-0.4, -0.2) is 9.97 Å². The summed E-state index contributed by atoms with van der Waals surface area (Å²) in [6, 6.07) is 43.0. The minimum absolute atomic E-state index is 0.108. The van der Waals surface area contributed by atoms with Crippen LogP contribution in [0.4, 0.5) is 5.69 Å². The van der Waals surface area contributed by atoms with Crippen molar-refractivity contribution in [2.45, 2.75) is 19.3 Å². The fraction of sp³-hybridized carbons (Fsp3) is 0.0714. The molecule has 0 radical (unpaired) electrons. The van der Waals surface area contributed by atoms with Gasteiger partial charge in [0.15, 0.2) is 16.9 Å². The summed E-state index contributed by atoms with van der Waals surface area (Å²) < 4.78 is 12.4. The third-order valence-electron chi connectivity index (χ3n) is 9.36. The predicted octanol–water partition coefficient (Wildman–Crippen LogP) is 11.5. The van der Waals surface area contributed by atoms with Crippen LogP contribution in [0.3, 0.4) is 0 Å². The van der Waals surface area contributed by atoms with Gasteiger partial charge in [-0.25, -0.2) is 14.8 Å². The van der Waals surface area contributed by atoms with Gasteiger partial charge in [-0.3, -0.25) is 0 Å². The zero-order valence-corrected chi connectivity index (χ0v) is 25.8. The first kappa shape index (κ1) is 27.1. The van der Waals surface area contributed by atoms with E-state index in [1.54, 1.807) is 0 Å². The smallest absolute Gasteiger partial charge is 0.227 e. The van der Waals surface area contributed by atoms with Crippen molar-refractivity contribution >= 4 is 27.9 Å². The summed E-state index contributed by atoms with van der Waals surface area (Å²) in [5.74, 6) is 0.984. The van der Waals surface area contributed by atoms with Crippen molar-refractivity contribution in [3.8, 4) is 56.3 Å². The van der Waals surface area contributed by atoms with Crippen molar-refractivity contribution in [2.24, 2.45) is 0 Å². The minimum atomic E-state index is -0.108. The van der Waals surface area contributed by atoms with E-state index in [0.717, 1.165) is 44.4 Å². The molecule has 1 aliphatic carbocycles. The van der Waals surface area contributed by atoms with E-state index in [1.807, 2.05) is 78.9 Å². The van der Waals surface area contributed by atoms with Crippen LogP contribution in [0, 0.1) is 6.57 Å². The highest BCUT2D eigenvalue weighted by molar-refractivity contribution is 5.90. The Bertz CT molecular complexity index is 2420. The van der Waals surface area contributed by atoms with Gasteiger partial charge in [0.25, 0.3) is 0 Å².